The summed E-state index contributed by atoms with van der Waals surface area (Å²) in [7, 11) is 0. The smallest absolute Gasteiger partial charge is 0.0568 e. The highest BCUT2D eigenvalue weighted by Gasteiger charge is 2.08. The summed E-state index contributed by atoms with van der Waals surface area (Å²) in [4.78, 5) is 0. The van der Waals surface area contributed by atoms with Gasteiger partial charge in [-0.25, -0.2) is 0 Å². The van der Waals surface area contributed by atoms with Crippen LogP contribution in [0.4, 0.5) is 5.69 Å². The molecule has 1 aromatic carbocycles. The van der Waals surface area contributed by atoms with Crippen LogP contribution in [0.3, 0.4) is 0 Å². The minimum atomic E-state index is 0.679. The van der Waals surface area contributed by atoms with E-state index in [1.807, 2.05) is 29.9 Å². The predicted octanol–water partition coefficient (Wildman–Crippen LogP) is 4.67. The fraction of sp³-hybridized carbons (Fsp3) is 0.438. The number of rotatable bonds is 6. The molecular formula is C16H22ClN3. The van der Waals surface area contributed by atoms with E-state index in [-0.39, 0.29) is 0 Å². The van der Waals surface area contributed by atoms with E-state index in [1.54, 1.807) is 0 Å². The number of hydrogen-bond donors (Lipinski definition) is 1. The summed E-state index contributed by atoms with van der Waals surface area (Å²) in [5.41, 5.74) is 9.68. The zero-order valence-electron chi connectivity index (χ0n) is 12.2. The molecule has 1 aromatic heterocycles. The lowest BCUT2D eigenvalue weighted by molar-refractivity contribution is 0.541. The molecule has 0 aliphatic carbocycles. The van der Waals surface area contributed by atoms with Crippen LogP contribution in [0.25, 0.3) is 11.1 Å². The summed E-state index contributed by atoms with van der Waals surface area (Å²) in [5, 5.41) is 5.09. The molecule has 0 radical (unpaired) electrons. The lowest BCUT2D eigenvalue weighted by Gasteiger charge is -2.06. The zero-order valence-corrected chi connectivity index (χ0v) is 13.0. The standard InChI is InChI=1S/C16H22ClN3/c1-3-4-5-6-7-20-11-13(10-19-20)14-8-12(2)16(18)9-15(14)17/h8-11H,3-7,18H2,1-2H3. The number of aryl methyl sites for hydroxylation is 2. The highest BCUT2D eigenvalue weighted by atomic mass is 35.5. The molecule has 0 saturated carbocycles. The molecule has 0 aliphatic heterocycles. The van der Waals surface area contributed by atoms with Crippen molar-refractivity contribution < 1.29 is 0 Å². The second kappa shape index (κ2) is 6.80. The SMILES string of the molecule is CCCCCCn1cc(-c2cc(C)c(N)cc2Cl)cn1. The van der Waals surface area contributed by atoms with Gasteiger partial charge in [0.05, 0.1) is 11.2 Å². The van der Waals surface area contributed by atoms with Crippen LogP contribution in [0.1, 0.15) is 38.2 Å². The number of benzene rings is 1. The molecule has 0 bridgehead atoms. The first-order valence-electron chi connectivity index (χ1n) is 7.20. The number of nitrogens with zero attached hydrogens (tertiary/aromatic N) is 2. The Morgan fingerprint density at radius 2 is 2.05 bits per heavy atom. The van der Waals surface area contributed by atoms with Crippen molar-refractivity contribution in [3.05, 3.63) is 35.1 Å². The lowest BCUT2D eigenvalue weighted by atomic mass is 10.1. The molecule has 108 valence electrons. The molecule has 20 heavy (non-hydrogen) atoms. The number of aromatic nitrogens is 2. The highest BCUT2D eigenvalue weighted by molar-refractivity contribution is 6.33. The van der Waals surface area contributed by atoms with Gasteiger partial charge in [0, 0.05) is 29.6 Å². The minimum Gasteiger partial charge on any atom is -0.398 e. The molecule has 2 N–H and O–H groups in total. The summed E-state index contributed by atoms with van der Waals surface area (Å²) in [6, 6.07) is 3.83. The van der Waals surface area contributed by atoms with Gasteiger partial charge < -0.3 is 5.73 Å². The van der Waals surface area contributed by atoms with Crippen LogP contribution in [0.2, 0.25) is 5.02 Å². The van der Waals surface area contributed by atoms with Crippen LogP contribution in [0, 0.1) is 6.92 Å². The summed E-state index contributed by atoms with van der Waals surface area (Å²) < 4.78 is 1.99. The largest absolute Gasteiger partial charge is 0.398 e. The van der Waals surface area contributed by atoms with Crippen LogP contribution >= 0.6 is 11.6 Å². The van der Waals surface area contributed by atoms with Crippen LogP contribution in [-0.4, -0.2) is 9.78 Å². The van der Waals surface area contributed by atoms with Crippen molar-refractivity contribution in [2.75, 3.05) is 5.73 Å². The zero-order chi connectivity index (χ0) is 14.5. The maximum absolute atomic E-state index is 6.27. The molecule has 0 spiro atoms. The molecule has 0 unspecified atom stereocenters. The Hall–Kier alpha value is -1.48. The number of anilines is 1. The number of hydrogen-bond acceptors (Lipinski definition) is 2. The third kappa shape index (κ3) is 3.54. The van der Waals surface area contributed by atoms with Gasteiger partial charge in [0.25, 0.3) is 0 Å². The maximum Gasteiger partial charge on any atom is 0.0568 e. The molecule has 0 atom stereocenters. The van der Waals surface area contributed by atoms with Gasteiger partial charge in [-0.3, -0.25) is 4.68 Å². The van der Waals surface area contributed by atoms with Crippen molar-refractivity contribution in [3.63, 3.8) is 0 Å². The lowest BCUT2D eigenvalue weighted by Crippen LogP contribution is -1.97. The van der Waals surface area contributed by atoms with Crippen molar-refractivity contribution in [1.82, 2.24) is 9.78 Å². The van der Waals surface area contributed by atoms with Crippen LogP contribution in [0.5, 0.6) is 0 Å². The maximum atomic E-state index is 6.27. The predicted molar refractivity (Wildman–Crippen MR) is 86.0 cm³/mol. The van der Waals surface area contributed by atoms with E-state index in [1.165, 1.54) is 25.7 Å². The van der Waals surface area contributed by atoms with E-state index < -0.39 is 0 Å². The molecule has 2 rings (SSSR count). The second-order valence-electron chi connectivity index (χ2n) is 5.24. The van der Waals surface area contributed by atoms with Gasteiger partial charge in [-0.2, -0.15) is 5.10 Å². The van der Waals surface area contributed by atoms with Crippen LogP contribution < -0.4 is 5.73 Å². The summed E-state index contributed by atoms with van der Waals surface area (Å²) in [5.74, 6) is 0. The Morgan fingerprint density at radius 3 is 2.80 bits per heavy atom. The van der Waals surface area contributed by atoms with Gasteiger partial charge in [-0.15, -0.1) is 0 Å². The first kappa shape index (κ1) is 14.9. The fourth-order valence-corrected chi connectivity index (χ4v) is 2.52. The first-order valence-corrected chi connectivity index (χ1v) is 7.58. The summed E-state index contributed by atoms with van der Waals surface area (Å²) in [6.45, 7) is 5.17. The highest BCUT2D eigenvalue weighted by Crippen LogP contribution is 2.31. The van der Waals surface area contributed by atoms with Crippen molar-refractivity contribution in [2.45, 2.75) is 46.1 Å². The van der Waals surface area contributed by atoms with Gasteiger partial charge in [0.1, 0.15) is 0 Å². The fourth-order valence-electron chi connectivity index (χ4n) is 2.24. The van der Waals surface area contributed by atoms with Gasteiger partial charge in [0.15, 0.2) is 0 Å². The van der Waals surface area contributed by atoms with Gasteiger partial charge in [-0.05, 0) is 31.0 Å². The number of nitrogen functional groups attached to an aromatic ring is 1. The number of unbranched alkanes of at least 4 members (excludes halogenated alkanes) is 3. The normalized spacial score (nSPS) is 10.9. The van der Waals surface area contributed by atoms with E-state index in [0.29, 0.717) is 5.02 Å². The van der Waals surface area contributed by atoms with Gasteiger partial charge in [0.2, 0.25) is 0 Å². The molecule has 0 amide bonds. The van der Waals surface area contributed by atoms with E-state index >= 15 is 0 Å². The number of nitrogens with two attached hydrogens (primary N) is 1. The van der Waals surface area contributed by atoms with Crippen molar-refractivity contribution in [1.29, 1.82) is 0 Å². The monoisotopic (exact) mass is 291 g/mol. The Kier molecular flexibility index (Phi) is 5.07. The quantitative estimate of drug-likeness (QED) is 0.620. The van der Waals surface area contributed by atoms with E-state index in [2.05, 4.69) is 18.2 Å². The third-order valence-electron chi connectivity index (χ3n) is 3.54. The van der Waals surface area contributed by atoms with Crippen LogP contribution in [0.15, 0.2) is 24.5 Å². The number of halogens is 1. The van der Waals surface area contributed by atoms with Gasteiger partial charge >= 0.3 is 0 Å². The molecule has 3 nitrogen and oxygen atoms in total. The molecule has 0 aliphatic rings. The van der Waals surface area contributed by atoms with Gasteiger partial charge in [-0.1, -0.05) is 37.8 Å². The van der Waals surface area contributed by atoms with E-state index in [9.17, 15) is 0 Å². The topological polar surface area (TPSA) is 43.8 Å². The molecule has 0 fully saturated rings. The van der Waals surface area contributed by atoms with Crippen molar-refractivity contribution in [2.24, 2.45) is 0 Å². The van der Waals surface area contributed by atoms with E-state index in [4.69, 9.17) is 17.3 Å². The third-order valence-corrected chi connectivity index (χ3v) is 3.85. The average molecular weight is 292 g/mol. The Bertz CT molecular complexity index is 575. The molecule has 2 aromatic rings. The average Bonchev–Trinajstić information content (AvgIpc) is 2.87. The molecular weight excluding hydrogens is 270 g/mol. The van der Waals surface area contributed by atoms with Crippen molar-refractivity contribution in [3.8, 4) is 11.1 Å². The first-order chi connectivity index (χ1) is 9.61. The summed E-state index contributed by atoms with van der Waals surface area (Å²) in [6.07, 6.45) is 8.90. The molecule has 0 saturated heterocycles. The summed E-state index contributed by atoms with van der Waals surface area (Å²) >= 11 is 6.27. The Morgan fingerprint density at radius 1 is 1.25 bits per heavy atom. The Balaban J connectivity index is 2.10. The van der Waals surface area contributed by atoms with Crippen molar-refractivity contribution >= 4 is 17.3 Å². The second-order valence-corrected chi connectivity index (χ2v) is 5.65. The van der Waals surface area contributed by atoms with E-state index in [0.717, 1.165) is 28.9 Å². The Labute approximate surface area is 125 Å². The minimum absolute atomic E-state index is 0.679. The van der Waals surface area contributed by atoms with Crippen LogP contribution in [-0.2, 0) is 6.54 Å². The molecule has 4 heteroatoms. The molecule has 1 heterocycles.